The third kappa shape index (κ3) is 2.87. The molecular formula is C10H13ClN4OS. The summed E-state index contributed by atoms with van der Waals surface area (Å²) in [5.74, 6) is 0. The van der Waals surface area contributed by atoms with Gasteiger partial charge in [-0.25, -0.2) is 0 Å². The molecule has 1 aliphatic rings. The van der Waals surface area contributed by atoms with Gasteiger partial charge >= 0.3 is 0 Å². The lowest BCUT2D eigenvalue weighted by molar-refractivity contribution is 0.0575. The van der Waals surface area contributed by atoms with Crippen LogP contribution in [0.4, 0.5) is 5.00 Å². The molecule has 0 spiro atoms. The SMILES string of the molecule is N#Cc1c(Cl)nsc1NCC1(N)CCOCC1. The van der Waals surface area contributed by atoms with Crippen LogP contribution in [-0.2, 0) is 4.74 Å². The summed E-state index contributed by atoms with van der Waals surface area (Å²) in [6, 6.07) is 2.03. The number of nitrogens with two attached hydrogens (primary N) is 1. The highest BCUT2D eigenvalue weighted by molar-refractivity contribution is 7.10. The Hall–Kier alpha value is -0.870. The maximum absolute atomic E-state index is 8.93. The number of aromatic nitrogens is 1. The van der Waals surface area contributed by atoms with E-state index in [1.807, 2.05) is 6.07 Å². The van der Waals surface area contributed by atoms with Crippen molar-refractivity contribution in [2.75, 3.05) is 25.1 Å². The van der Waals surface area contributed by atoms with Crippen molar-refractivity contribution in [3.05, 3.63) is 10.7 Å². The summed E-state index contributed by atoms with van der Waals surface area (Å²) >= 11 is 6.97. The molecule has 0 aliphatic carbocycles. The first-order valence-electron chi connectivity index (χ1n) is 5.30. The van der Waals surface area contributed by atoms with Gasteiger partial charge in [-0.2, -0.15) is 9.64 Å². The lowest BCUT2D eigenvalue weighted by atomic mass is 9.91. The highest BCUT2D eigenvalue weighted by atomic mass is 35.5. The van der Waals surface area contributed by atoms with Crippen LogP contribution in [0.1, 0.15) is 18.4 Å². The summed E-state index contributed by atoms with van der Waals surface area (Å²) < 4.78 is 9.21. The monoisotopic (exact) mass is 272 g/mol. The first kappa shape index (κ1) is 12.6. The minimum Gasteiger partial charge on any atom is -0.381 e. The first-order chi connectivity index (χ1) is 8.14. The Morgan fingerprint density at radius 3 is 2.94 bits per heavy atom. The van der Waals surface area contributed by atoms with E-state index in [0.29, 0.717) is 30.3 Å². The van der Waals surface area contributed by atoms with E-state index in [0.717, 1.165) is 12.8 Å². The lowest BCUT2D eigenvalue weighted by Gasteiger charge is -2.33. The number of halogens is 1. The van der Waals surface area contributed by atoms with Crippen LogP contribution in [0.2, 0.25) is 5.15 Å². The van der Waals surface area contributed by atoms with Crippen LogP contribution in [0.15, 0.2) is 0 Å². The molecule has 1 aromatic heterocycles. The summed E-state index contributed by atoms with van der Waals surface area (Å²) in [6.45, 7) is 1.98. The number of ether oxygens (including phenoxy) is 1. The van der Waals surface area contributed by atoms with Crippen LogP contribution in [0.3, 0.4) is 0 Å². The molecule has 3 N–H and O–H groups in total. The molecule has 1 saturated heterocycles. The smallest absolute Gasteiger partial charge is 0.162 e. The summed E-state index contributed by atoms with van der Waals surface area (Å²) in [4.78, 5) is 0. The minimum absolute atomic E-state index is 0.248. The third-order valence-corrected chi connectivity index (χ3v) is 4.03. The molecule has 2 rings (SSSR count). The molecule has 1 aromatic rings. The first-order valence-corrected chi connectivity index (χ1v) is 6.45. The number of hydrogen-bond acceptors (Lipinski definition) is 6. The van der Waals surface area contributed by atoms with Gasteiger partial charge < -0.3 is 15.8 Å². The van der Waals surface area contributed by atoms with Crippen LogP contribution >= 0.6 is 23.1 Å². The van der Waals surface area contributed by atoms with E-state index >= 15 is 0 Å². The van der Waals surface area contributed by atoms with Gasteiger partial charge in [0.1, 0.15) is 16.6 Å². The van der Waals surface area contributed by atoms with E-state index in [4.69, 9.17) is 27.3 Å². The number of rotatable bonds is 3. The Kier molecular flexibility index (Phi) is 3.84. The number of anilines is 1. The second-order valence-corrected chi connectivity index (χ2v) is 5.25. The number of nitrogens with zero attached hydrogens (tertiary/aromatic N) is 2. The Labute approximate surface area is 109 Å². The van der Waals surface area contributed by atoms with Gasteiger partial charge in [-0.05, 0) is 24.4 Å². The highest BCUT2D eigenvalue weighted by Crippen LogP contribution is 2.28. The van der Waals surface area contributed by atoms with Gasteiger partial charge in [0, 0.05) is 25.3 Å². The second-order valence-electron chi connectivity index (χ2n) is 4.12. The van der Waals surface area contributed by atoms with Gasteiger partial charge in [-0.15, -0.1) is 0 Å². The predicted molar refractivity (Wildman–Crippen MR) is 67.3 cm³/mol. The summed E-state index contributed by atoms with van der Waals surface area (Å²) in [5, 5.41) is 13.0. The maximum atomic E-state index is 8.93. The van der Waals surface area contributed by atoms with Crippen molar-refractivity contribution in [2.45, 2.75) is 18.4 Å². The van der Waals surface area contributed by atoms with Crippen molar-refractivity contribution in [3.63, 3.8) is 0 Å². The van der Waals surface area contributed by atoms with Gasteiger partial charge in [0.25, 0.3) is 0 Å². The van der Waals surface area contributed by atoms with Gasteiger partial charge in [0.15, 0.2) is 5.15 Å². The van der Waals surface area contributed by atoms with Crippen LogP contribution < -0.4 is 11.1 Å². The van der Waals surface area contributed by atoms with Crippen molar-refractivity contribution in [1.29, 1.82) is 5.26 Å². The van der Waals surface area contributed by atoms with Gasteiger partial charge in [-0.3, -0.25) is 0 Å². The molecule has 7 heteroatoms. The molecule has 5 nitrogen and oxygen atoms in total. The van der Waals surface area contributed by atoms with Gasteiger partial charge in [-0.1, -0.05) is 11.6 Å². The molecule has 2 heterocycles. The molecule has 17 heavy (non-hydrogen) atoms. The Morgan fingerprint density at radius 2 is 2.29 bits per heavy atom. The fourth-order valence-corrected chi connectivity index (χ4v) is 2.63. The molecule has 0 radical (unpaired) electrons. The van der Waals surface area contributed by atoms with E-state index in [2.05, 4.69) is 9.69 Å². The molecule has 0 bridgehead atoms. The fourth-order valence-electron chi connectivity index (χ4n) is 1.70. The maximum Gasteiger partial charge on any atom is 0.162 e. The van der Waals surface area contributed by atoms with Crippen molar-refractivity contribution in [3.8, 4) is 6.07 Å². The molecule has 0 atom stereocenters. The van der Waals surface area contributed by atoms with Crippen LogP contribution in [-0.4, -0.2) is 29.7 Å². The number of hydrogen-bond donors (Lipinski definition) is 2. The molecule has 1 aliphatic heterocycles. The zero-order chi connectivity index (χ0) is 12.3. The summed E-state index contributed by atoms with van der Waals surface area (Å²) in [7, 11) is 0. The fraction of sp³-hybridized carbons (Fsp3) is 0.600. The molecule has 0 aromatic carbocycles. The van der Waals surface area contributed by atoms with Gasteiger partial charge in [0.05, 0.1) is 0 Å². The lowest BCUT2D eigenvalue weighted by Crippen LogP contribution is -2.50. The molecule has 0 amide bonds. The van der Waals surface area contributed by atoms with Crippen LogP contribution in [0, 0.1) is 11.3 Å². The third-order valence-electron chi connectivity index (χ3n) is 2.85. The summed E-state index contributed by atoms with van der Waals surface area (Å²) in [6.07, 6.45) is 1.63. The standard InChI is InChI=1S/C10H13ClN4OS/c11-8-7(5-12)9(17-15-8)14-6-10(13)1-3-16-4-2-10/h14H,1-4,6,13H2. The average molecular weight is 273 g/mol. The molecule has 0 unspecified atom stereocenters. The number of nitrogens with one attached hydrogen (secondary N) is 1. The minimum atomic E-state index is -0.276. The van der Waals surface area contributed by atoms with Crippen LogP contribution in [0.25, 0.3) is 0 Å². The van der Waals surface area contributed by atoms with E-state index in [1.54, 1.807) is 0 Å². The predicted octanol–water partition coefficient (Wildman–Crippen LogP) is 1.59. The quantitative estimate of drug-likeness (QED) is 0.873. The second kappa shape index (κ2) is 5.19. The molecule has 1 fully saturated rings. The Balaban J connectivity index is 2.00. The normalized spacial score (nSPS) is 18.6. The van der Waals surface area contributed by atoms with Crippen molar-refractivity contribution >= 4 is 28.1 Å². The van der Waals surface area contributed by atoms with Crippen LogP contribution in [0.5, 0.6) is 0 Å². The van der Waals surface area contributed by atoms with E-state index < -0.39 is 0 Å². The largest absolute Gasteiger partial charge is 0.381 e. The molecule has 92 valence electrons. The van der Waals surface area contributed by atoms with E-state index in [1.165, 1.54) is 11.5 Å². The van der Waals surface area contributed by atoms with Gasteiger partial charge in [0.2, 0.25) is 0 Å². The highest BCUT2D eigenvalue weighted by Gasteiger charge is 2.28. The average Bonchev–Trinajstić information content (AvgIpc) is 2.68. The topological polar surface area (TPSA) is 84.0 Å². The Morgan fingerprint density at radius 1 is 1.59 bits per heavy atom. The van der Waals surface area contributed by atoms with Crippen molar-refractivity contribution in [2.24, 2.45) is 5.73 Å². The zero-order valence-corrected chi connectivity index (χ0v) is 10.8. The van der Waals surface area contributed by atoms with E-state index in [-0.39, 0.29) is 10.7 Å². The summed E-state index contributed by atoms with van der Waals surface area (Å²) in [5.41, 5.74) is 6.35. The van der Waals surface area contributed by atoms with Crippen molar-refractivity contribution in [1.82, 2.24) is 4.37 Å². The van der Waals surface area contributed by atoms with Crippen molar-refractivity contribution < 1.29 is 4.74 Å². The zero-order valence-electron chi connectivity index (χ0n) is 9.20. The van der Waals surface area contributed by atoms with E-state index in [9.17, 15) is 0 Å². The molecule has 0 saturated carbocycles. The Bertz CT molecular complexity index is 436. The molecular weight excluding hydrogens is 260 g/mol. The number of nitriles is 1.